The van der Waals surface area contributed by atoms with E-state index in [1.807, 2.05) is 0 Å². The molecule has 0 saturated carbocycles. The fourth-order valence-electron chi connectivity index (χ4n) is 0.875. The van der Waals surface area contributed by atoms with Gasteiger partial charge in [-0.05, 0) is 12.1 Å². The molecule has 0 saturated heterocycles. The normalized spacial score (nSPS) is 10.8. The van der Waals surface area contributed by atoms with E-state index in [-0.39, 0.29) is 5.75 Å². The lowest BCUT2D eigenvalue weighted by Crippen LogP contribution is -2.18. The van der Waals surface area contributed by atoms with E-state index in [1.165, 1.54) is 12.1 Å². The lowest BCUT2D eigenvalue weighted by molar-refractivity contribution is -0.275. The molecule has 0 bridgehead atoms. The van der Waals surface area contributed by atoms with Crippen molar-refractivity contribution in [1.82, 2.24) is 0 Å². The van der Waals surface area contributed by atoms with Crippen molar-refractivity contribution < 1.29 is 32.2 Å². The molecule has 0 aliphatic rings. The van der Waals surface area contributed by atoms with Crippen molar-refractivity contribution in [3.8, 4) is 11.5 Å². The lowest BCUT2D eigenvalue weighted by atomic mass is 10.3. The number of benzene rings is 1. The van der Waals surface area contributed by atoms with Crippen molar-refractivity contribution in [3.63, 3.8) is 0 Å². The molecule has 0 aliphatic heterocycles. The van der Waals surface area contributed by atoms with Crippen LogP contribution in [-0.2, 0) is 4.74 Å². The highest BCUT2D eigenvalue weighted by molar-refractivity contribution is 5.65. The summed E-state index contributed by atoms with van der Waals surface area (Å²) in [6, 6.07) is 4.87. The average molecular weight is 236 g/mol. The van der Waals surface area contributed by atoms with Crippen LogP contribution < -0.4 is 9.47 Å². The molecular formula is C9H7F3O4. The van der Waals surface area contributed by atoms with Gasteiger partial charge in [0.1, 0.15) is 0 Å². The highest BCUT2D eigenvalue weighted by atomic mass is 19.4. The average Bonchev–Trinajstić information content (AvgIpc) is 2.18. The van der Waals surface area contributed by atoms with Crippen LogP contribution in [0.1, 0.15) is 0 Å². The molecule has 0 N–H and O–H groups in total. The molecule has 16 heavy (non-hydrogen) atoms. The summed E-state index contributed by atoms with van der Waals surface area (Å²) in [6.45, 7) is 0. The van der Waals surface area contributed by atoms with E-state index in [1.54, 1.807) is 0 Å². The SMILES string of the molecule is COC(=O)Oc1ccccc1OC(F)(F)F. The molecule has 0 radical (unpaired) electrons. The molecule has 0 amide bonds. The first-order valence-electron chi connectivity index (χ1n) is 4.03. The summed E-state index contributed by atoms with van der Waals surface area (Å²) in [5, 5.41) is 0. The van der Waals surface area contributed by atoms with E-state index in [0.29, 0.717) is 0 Å². The lowest BCUT2D eigenvalue weighted by Gasteiger charge is -2.12. The number of methoxy groups -OCH3 is 1. The molecule has 88 valence electrons. The largest absolute Gasteiger partial charge is 0.573 e. The third kappa shape index (κ3) is 3.68. The Bertz CT molecular complexity index is 375. The van der Waals surface area contributed by atoms with E-state index in [9.17, 15) is 18.0 Å². The smallest absolute Gasteiger partial charge is 0.437 e. The van der Waals surface area contributed by atoms with Gasteiger partial charge in [-0.2, -0.15) is 0 Å². The molecule has 1 aromatic rings. The Balaban J connectivity index is 2.87. The monoisotopic (exact) mass is 236 g/mol. The quantitative estimate of drug-likeness (QED) is 0.585. The van der Waals surface area contributed by atoms with Crippen LogP contribution in [0.25, 0.3) is 0 Å². The van der Waals surface area contributed by atoms with Gasteiger partial charge in [-0.25, -0.2) is 4.79 Å². The molecular weight excluding hydrogens is 229 g/mol. The van der Waals surface area contributed by atoms with Gasteiger partial charge >= 0.3 is 12.5 Å². The van der Waals surface area contributed by atoms with Crippen LogP contribution in [0.3, 0.4) is 0 Å². The van der Waals surface area contributed by atoms with E-state index >= 15 is 0 Å². The fraction of sp³-hybridized carbons (Fsp3) is 0.222. The molecule has 0 unspecified atom stereocenters. The Kier molecular flexibility index (Phi) is 3.60. The zero-order valence-corrected chi connectivity index (χ0v) is 8.08. The van der Waals surface area contributed by atoms with Crippen molar-refractivity contribution in [3.05, 3.63) is 24.3 Å². The van der Waals surface area contributed by atoms with Crippen molar-refractivity contribution in [2.75, 3.05) is 7.11 Å². The maximum Gasteiger partial charge on any atom is 0.573 e. The Morgan fingerprint density at radius 3 is 2.25 bits per heavy atom. The van der Waals surface area contributed by atoms with Gasteiger partial charge in [-0.1, -0.05) is 12.1 Å². The minimum Gasteiger partial charge on any atom is -0.437 e. The highest BCUT2D eigenvalue weighted by Crippen LogP contribution is 2.31. The predicted molar refractivity (Wildman–Crippen MR) is 46.2 cm³/mol. The van der Waals surface area contributed by atoms with Crippen LogP contribution in [0.5, 0.6) is 11.5 Å². The van der Waals surface area contributed by atoms with Gasteiger partial charge in [-0.3, -0.25) is 0 Å². The molecule has 0 heterocycles. The fourth-order valence-corrected chi connectivity index (χ4v) is 0.875. The number of carbonyl (C=O) groups excluding carboxylic acids is 1. The second-order valence-corrected chi connectivity index (χ2v) is 2.55. The van der Waals surface area contributed by atoms with E-state index in [2.05, 4.69) is 14.2 Å². The summed E-state index contributed by atoms with van der Waals surface area (Å²) in [5.41, 5.74) is 0. The minimum atomic E-state index is -4.85. The zero-order valence-electron chi connectivity index (χ0n) is 8.08. The number of alkyl halides is 3. The zero-order chi connectivity index (χ0) is 12.2. The van der Waals surface area contributed by atoms with Crippen LogP contribution in [-0.4, -0.2) is 19.6 Å². The van der Waals surface area contributed by atoms with Crippen LogP contribution in [0.15, 0.2) is 24.3 Å². The van der Waals surface area contributed by atoms with Crippen molar-refractivity contribution in [1.29, 1.82) is 0 Å². The summed E-state index contributed by atoms with van der Waals surface area (Å²) in [7, 11) is 1.04. The van der Waals surface area contributed by atoms with Crippen LogP contribution >= 0.6 is 0 Å². The first-order chi connectivity index (χ1) is 7.42. The number of para-hydroxylation sites is 2. The van der Waals surface area contributed by atoms with E-state index in [0.717, 1.165) is 19.2 Å². The maximum absolute atomic E-state index is 11.9. The van der Waals surface area contributed by atoms with E-state index in [4.69, 9.17) is 0 Å². The van der Waals surface area contributed by atoms with Gasteiger partial charge in [0.25, 0.3) is 0 Å². The minimum absolute atomic E-state index is 0.369. The number of ether oxygens (including phenoxy) is 3. The molecule has 1 aromatic carbocycles. The molecule has 0 aliphatic carbocycles. The molecule has 1 rings (SSSR count). The van der Waals surface area contributed by atoms with Crippen LogP contribution in [0.2, 0.25) is 0 Å². The van der Waals surface area contributed by atoms with Gasteiger partial charge < -0.3 is 14.2 Å². The number of rotatable bonds is 2. The summed E-state index contributed by atoms with van der Waals surface area (Å²) in [4.78, 5) is 10.7. The van der Waals surface area contributed by atoms with Crippen LogP contribution in [0.4, 0.5) is 18.0 Å². The molecule has 0 spiro atoms. The van der Waals surface area contributed by atoms with Crippen molar-refractivity contribution in [2.45, 2.75) is 6.36 Å². The molecule has 4 nitrogen and oxygen atoms in total. The third-order valence-electron chi connectivity index (χ3n) is 1.43. The maximum atomic E-state index is 11.9. The Morgan fingerprint density at radius 1 is 1.19 bits per heavy atom. The second kappa shape index (κ2) is 4.73. The first kappa shape index (κ1) is 12.2. The molecule has 0 aromatic heterocycles. The Morgan fingerprint density at radius 2 is 1.75 bits per heavy atom. The summed E-state index contributed by atoms with van der Waals surface area (Å²) >= 11 is 0. The standard InChI is InChI=1S/C9H7F3O4/c1-14-8(13)15-6-4-2-3-5-7(6)16-9(10,11)12/h2-5H,1H3. The van der Waals surface area contributed by atoms with E-state index < -0.39 is 18.3 Å². The number of halogens is 3. The second-order valence-electron chi connectivity index (χ2n) is 2.55. The topological polar surface area (TPSA) is 44.8 Å². The number of carbonyl (C=O) groups is 1. The first-order valence-corrected chi connectivity index (χ1v) is 4.03. The Labute approximate surface area is 88.5 Å². The number of hydrogen-bond donors (Lipinski definition) is 0. The highest BCUT2D eigenvalue weighted by Gasteiger charge is 2.32. The molecule has 0 fully saturated rings. The van der Waals surface area contributed by atoms with Crippen molar-refractivity contribution in [2.24, 2.45) is 0 Å². The summed E-state index contributed by atoms with van der Waals surface area (Å²) in [5.74, 6) is -0.980. The summed E-state index contributed by atoms with van der Waals surface area (Å²) < 4.78 is 48.1. The predicted octanol–water partition coefficient (Wildman–Crippen LogP) is 2.73. The number of hydrogen-bond acceptors (Lipinski definition) is 4. The van der Waals surface area contributed by atoms with Gasteiger partial charge in [0.2, 0.25) is 0 Å². The Hall–Kier alpha value is -1.92. The van der Waals surface area contributed by atoms with Gasteiger partial charge in [-0.15, -0.1) is 13.2 Å². The van der Waals surface area contributed by atoms with Crippen LogP contribution in [0, 0.1) is 0 Å². The third-order valence-corrected chi connectivity index (χ3v) is 1.43. The summed E-state index contributed by atoms with van der Waals surface area (Å²) in [6.07, 6.45) is -5.98. The molecule has 7 heteroatoms. The molecule has 0 atom stereocenters. The van der Waals surface area contributed by atoms with Crippen molar-refractivity contribution >= 4 is 6.16 Å². The van der Waals surface area contributed by atoms with Gasteiger partial charge in [0.05, 0.1) is 7.11 Å². The van der Waals surface area contributed by atoms with Gasteiger partial charge in [0.15, 0.2) is 11.5 Å². The van der Waals surface area contributed by atoms with Gasteiger partial charge in [0, 0.05) is 0 Å².